The summed E-state index contributed by atoms with van der Waals surface area (Å²) in [6.45, 7) is 0.505. The van der Waals surface area contributed by atoms with Crippen molar-refractivity contribution in [2.24, 2.45) is 5.73 Å². The standard InChI is InChI=1S/C26H21FN6O3S/c27-19-5-3-16(4-6-19)20-11-21-18(13-33(32-21)8-9-36-14-24(28)34)10-22(20)30-25(35)23-15-37-26(31-23)17-2-1-7-29-12-17/h1-7,10-13,15H,8-9,14H2,(H2,28,34)(H,30,35). The van der Waals surface area contributed by atoms with Gasteiger partial charge in [-0.05, 0) is 42.0 Å². The molecular weight excluding hydrogens is 495 g/mol. The molecule has 0 aliphatic rings. The summed E-state index contributed by atoms with van der Waals surface area (Å²) in [6.07, 6.45) is 5.18. The van der Waals surface area contributed by atoms with Crippen LogP contribution in [0.3, 0.4) is 0 Å². The van der Waals surface area contributed by atoms with Gasteiger partial charge in [-0.25, -0.2) is 9.37 Å². The molecule has 0 fully saturated rings. The van der Waals surface area contributed by atoms with E-state index >= 15 is 0 Å². The third kappa shape index (κ3) is 5.68. The summed E-state index contributed by atoms with van der Waals surface area (Å²) in [4.78, 5) is 32.6. The molecule has 2 aromatic carbocycles. The number of hydrogen-bond acceptors (Lipinski definition) is 7. The number of ether oxygens (including phenoxy) is 1. The molecule has 11 heteroatoms. The molecule has 9 nitrogen and oxygen atoms in total. The molecule has 3 aromatic heterocycles. The number of nitrogens with two attached hydrogens (primary N) is 1. The molecule has 0 bridgehead atoms. The van der Waals surface area contributed by atoms with Crippen molar-refractivity contribution >= 4 is 39.7 Å². The van der Waals surface area contributed by atoms with Crippen LogP contribution in [-0.4, -0.2) is 44.8 Å². The molecule has 186 valence electrons. The van der Waals surface area contributed by atoms with E-state index in [-0.39, 0.29) is 30.6 Å². The lowest BCUT2D eigenvalue weighted by molar-refractivity contribution is -0.122. The number of benzene rings is 2. The summed E-state index contributed by atoms with van der Waals surface area (Å²) in [5.74, 6) is -1.27. The van der Waals surface area contributed by atoms with Gasteiger partial charge in [-0.3, -0.25) is 19.3 Å². The van der Waals surface area contributed by atoms with Crippen LogP contribution in [0.5, 0.6) is 0 Å². The molecule has 0 spiro atoms. The minimum atomic E-state index is -0.539. The molecule has 0 radical (unpaired) electrons. The normalized spacial score (nSPS) is 11.1. The van der Waals surface area contributed by atoms with E-state index in [2.05, 4.69) is 20.4 Å². The molecule has 3 N–H and O–H groups in total. The predicted molar refractivity (Wildman–Crippen MR) is 138 cm³/mol. The zero-order valence-electron chi connectivity index (χ0n) is 19.4. The number of carbonyl (C=O) groups excluding carboxylic acids is 2. The first-order valence-electron chi connectivity index (χ1n) is 11.3. The Morgan fingerprint density at radius 3 is 2.73 bits per heavy atom. The Morgan fingerprint density at radius 1 is 1.14 bits per heavy atom. The van der Waals surface area contributed by atoms with Crippen molar-refractivity contribution in [2.75, 3.05) is 18.5 Å². The molecular formula is C26H21FN6O3S. The smallest absolute Gasteiger partial charge is 0.275 e. The maximum Gasteiger partial charge on any atom is 0.275 e. The number of pyridine rings is 1. The molecule has 0 saturated heterocycles. The van der Waals surface area contributed by atoms with Crippen LogP contribution < -0.4 is 11.1 Å². The van der Waals surface area contributed by atoms with Gasteiger partial charge in [-0.2, -0.15) is 5.10 Å². The van der Waals surface area contributed by atoms with Crippen LogP contribution in [0.2, 0.25) is 0 Å². The third-order valence-corrected chi connectivity index (χ3v) is 6.34. The van der Waals surface area contributed by atoms with Gasteiger partial charge in [0.25, 0.3) is 5.91 Å². The summed E-state index contributed by atoms with van der Waals surface area (Å²) >= 11 is 1.35. The number of aromatic nitrogens is 4. The zero-order chi connectivity index (χ0) is 25.8. The van der Waals surface area contributed by atoms with Crippen LogP contribution in [0.15, 0.2) is 72.5 Å². The fourth-order valence-corrected chi connectivity index (χ4v) is 4.52. The number of hydrogen-bond donors (Lipinski definition) is 2. The lowest BCUT2D eigenvalue weighted by atomic mass is 10.0. The van der Waals surface area contributed by atoms with Gasteiger partial charge in [0.05, 0.1) is 18.7 Å². The molecule has 3 heterocycles. The topological polar surface area (TPSA) is 125 Å². The fourth-order valence-electron chi connectivity index (χ4n) is 3.73. The largest absolute Gasteiger partial charge is 0.370 e. The number of primary amides is 1. The Hall–Kier alpha value is -4.48. The monoisotopic (exact) mass is 516 g/mol. The summed E-state index contributed by atoms with van der Waals surface area (Å²) < 4.78 is 20.5. The number of nitrogens with one attached hydrogen (secondary N) is 1. The van der Waals surface area contributed by atoms with Crippen molar-refractivity contribution in [1.29, 1.82) is 0 Å². The highest BCUT2D eigenvalue weighted by Gasteiger charge is 2.17. The van der Waals surface area contributed by atoms with Gasteiger partial charge in [0.1, 0.15) is 23.1 Å². The van der Waals surface area contributed by atoms with Crippen molar-refractivity contribution < 1.29 is 18.7 Å². The SMILES string of the molecule is NC(=O)COCCn1cc2cc(NC(=O)c3csc(-c4cccnc4)n3)c(-c3ccc(F)cc3)cc2n1. The first-order chi connectivity index (χ1) is 18.0. The number of amides is 2. The third-order valence-electron chi connectivity index (χ3n) is 5.45. The van der Waals surface area contributed by atoms with Crippen LogP contribution in [-0.2, 0) is 16.1 Å². The molecule has 0 aliphatic carbocycles. The van der Waals surface area contributed by atoms with Crippen molar-refractivity contribution in [3.8, 4) is 21.7 Å². The van der Waals surface area contributed by atoms with Crippen LogP contribution >= 0.6 is 11.3 Å². The summed E-state index contributed by atoms with van der Waals surface area (Å²) in [5, 5.41) is 10.7. The molecule has 0 unspecified atom stereocenters. The van der Waals surface area contributed by atoms with Gasteiger partial charge in [0.15, 0.2) is 0 Å². The number of rotatable bonds is 9. The maximum atomic E-state index is 13.6. The Bertz CT molecular complexity index is 1570. The lowest BCUT2D eigenvalue weighted by Crippen LogP contribution is -2.19. The average Bonchev–Trinajstić information content (AvgIpc) is 3.54. The molecule has 0 atom stereocenters. The fraction of sp³-hybridized carbons (Fsp3) is 0.115. The predicted octanol–water partition coefficient (Wildman–Crippen LogP) is 4.12. The van der Waals surface area contributed by atoms with E-state index in [1.807, 2.05) is 30.5 Å². The second-order valence-electron chi connectivity index (χ2n) is 8.11. The summed E-state index contributed by atoms with van der Waals surface area (Å²) in [5.41, 5.74) is 8.80. The van der Waals surface area contributed by atoms with E-state index in [1.165, 1.54) is 23.5 Å². The number of fused-ring (bicyclic) bond motifs is 1. The minimum Gasteiger partial charge on any atom is -0.370 e. The highest BCUT2D eigenvalue weighted by molar-refractivity contribution is 7.13. The quantitative estimate of drug-likeness (QED) is 0.284. The van der Waals surface area contributed by atoms with Gasteiger partial charge in [0, 0.05) is 46.2 Å². The van der Waals surface area contributed by atoms with Crippen molar-refractivity contribution in [1.82, 2.24) is 19.7 Å². The van der Waals surface area contributed by atoms with Gasteiger partial charge >= 0.3 is 0 Å². The average molecular weight is 517 g/mol. The molecule has 37 heavy (non-hydrogen) atoms. The van der Waals surface area contributed by atoms with Crippen LogP contribution in [0.1, 0.15) is 10.5 Å². The summed E-state index contributed by atoms with van der Waals surface area (Å²) in [7, 11) is 0. The lowest BCUT2D eigenvalue weighted by Gasteiger charge is -2.11. The number of halogens is 1. The minimum absolute atomic E-state index is 0.162. The van der Waals surface area contributed by atoms with E-state index in [0.717, 1.165) is 10.9 Å². The Kier molecular flexibility index (Phi) is 6.97. The number of thiazole rings is 1. The van der Waals surface area contributed by atoms with Gasteiger partial charge in [0.2, 0.25) is 5.91 Å². The summed E-state index contributed by atoms with van der Waals surface area (Å²) in [6, 6.07) is 13.3. The molecule has 0 aliphatic heterocycles. The Balaban J connectivity index is 1.44. The second-order valence-corrected chi connectivity index (χ2v) is 8.97. The first-order valence-corrected chi connectivity index (χ1v) is 12.1. The van der Waals surface area contributed by atoms with Crippen molar-refractivity contribution in [3.05, 3.63) is 84.0 Å². The number of carbonyl (C=O) groups is 2. The van der Waals surface area contributed by atoms with E-state index in [1.54, 1.807) is 34.6 Å². The van der Waals surface area contributed by atoms with E-state index < -0.39 is 5.91 Å². The first kappa shape index (κ1) is 24.2. The van der Waals surface area contributed by atoms with E-state index in [0.29, 0.717) is 33.9 Å². The molecule has 5 aromatic rings. The van der Waals surface area contributed by atoms with Crippen molar-refractivity contribution in [3.63, 3.8) is 0 Å². The van der Waals surface area contributed by atoms with Gasteiger partial charge in [-0.1, -0.05) is 12.1 Å². The molecule has 0 saturated carbocycles. The van der Waals surface area contributed by atoms with Gasteiger partial charge < -0.3 is 15.8 Å². The number of anilines is 1. The van der Waals surface area contributed by atoms with Crippen LogP contribution in [0, 0.1) is 5.82 Å². The highest BCUT2D eigenvalue weighted by atomic mass is 32.1. The maximum absolute atomic E-state index is 13.6. The zero-order valence-corrected chi connectivity index (χ0v) is 20.2. The molecule has 5 rings (SSSR count). The van der Waals surface area contributed by atoms with Gasteiger partial charge in [-0.15, -0.1) is 11.3 Å². The van der Waals surface area contributed by atoms with Crippen LogP contribution in [0.25, 0.3) is 32.6 Å². The Labute approximate surface area is 214 Å². The molecule has 2 amide bonds. The Morgan fingerprint density at radius 2 is 1.97 bits per heavy atom. The highest BCUT2D eigenvalue weighted by Crippen LogP contribution is 2.33. The number of nitrogens with zero attached hydrogens (tertiary/aromatic N) is 4. The van der Waals surface area contributed by atoms with Crippen molar-refractivity contribution in [2.45, 2.75) is 6.54 Å². The van der Waals surface area contributed by atoms with E-state index in [9.17, 15) is 14.0 Å². The van der Waals surface area contributed by atoms with E-state index in [4.69, 9.17) is 10.5 Å². The second kappa shape index (κ2) is 10.6. The van der Waals surface area contributed by atoms with Crippen LogP contribution in [0.4, 0.5) is 10.1 Å².